The van der Waals surface area contributed by atoms with E-state index in [0.717, 1.165) is 21.0 Å². The van der Waals surface area contributed by atoms with Crippen molar-refractivity contribution in [2.75, 3.05) is 4.90 Å². The molecule has 1 heterocycles. The fourth-order valence-corrected chi connectivity index (χ4v) is 4.92. The highest BCUT2D eigenvalue weighted by molar-refractivity contribution is 7.90. The number of sulfonamides is 1. The summed E-state index contributed by atoms with van der Waals surface area (Å²) >= 11 is 0. The monoisotopic (exact) mass is 392 g/mol. The molecule has 0 bridgehead atoms. The molecule has 28 heavy (non-hydrogen) atoms. The van der Waals surface area contributed by atoms with E-state index in [1.54, 1.807) is 29.2 Å². The Morgan fingerprint density at radius 3 is 2.18 bits per heavy atom. The van der Waals surface area contributed by atoms with Crippen LogP contribution in [0.2, 0.25) is 0 Å². The Morgan fingerprint density at radius 1 is 0.786 bits per heavy atom. The highest BCUT2D eigenvalue weighted by atomic mass is 32.2. The molecular formula is C22H20N2O3S. The minimum Gasteiger partial charge on any atom is -0.288 e. The predicted molar refractivity (Wildman–Crippen MR) is 108 cm³/mol. The van der Waals surface area contributed by atoms with Gasteiger partial charge in [-0.15, -0.1) is 0 Å². The average Bonchev–Trinajstić information content (AvgIpc) is 2.71. The zero-order chi connectivity index (χ0) is 19.7. The van der Waals surface area contributed by atoms with Crippen LogP contribution in [0.1, 0.15) is 16.7 Å². The molecule has 1 aliphatic rings. The number of para-hydroxylation sites is 1. The molecule has 0 aromatic heterocycles. The third-order valence-electron chi connectivity index (χ3n) is 4.93. The number of hydrogen-bond acceptors (Lipinski definition) is 3. The largest absolute Gasteiger partial charge is 0.339 e. The molecule has 5 nitrogen and oxygen atoms in total. The van der Waals surface area contributed by atoms with Crippen molar-refractivity contribution >= 4 is 21.7 Å². The third-order valence-corrected chi connectivity index (χ3v) is 6.69. The minimum absolute atomic E-state index is 0.000608. The van der Waals surface area contributed by atoms with E-state index >= 15 is 0 Å². The van der Waals surface area contributed by atoms with E-state index in [1.807, 2.05) is 61.5 Å². The number of rotatable bonds is 4. The van der Waals surface area contributed by atoms with Gasteiger partial charge in [0, 0.05) is 0 Å². The van der Waals surface area contributed by atoms with E-state index < -0.39 is 16.1 Å². The molecule has 6 heteroatoms. The van der Waals surface area contributed by atoms with Gasteiger partial charge in [0.25, 0.3) is 10.0 Å². The van der Waals surface area contributed by atoms with E-state index in [4.69, 9.17) is 0 Å². The molecule has 0 aliphatic carbocycles. The van der Waals surface area contributed by atoms with Gasteiger partial charge in [-0.25, -0.2) is 17.5 Å². The first kappa shape index (κ1) is 18.3. The van der Waals surface area contributed by atoms with Gasteiger partial charge in [-0.3, -0.25) is 4.90 Å². The summed E-state index contributed by atoms with van der Waals surface area (Å²) < 4.78 is 27.3. The van der Waals surface area contributed by atoms with Crippen LogP contribution in [0, 0.1) is 6.92 Å². The molecule has 0 saturated carbocycles. The quantitative estimate of drug-likeness (QED) is 0.664. The number of carbonyl (C=O) groups excluding carboxylic acids is 1. The molecule has 0 atom stereocenters. The number of anilines is 1. The Kier molecular flexibility index (Phi) is 4.65. The first-order chi connectivity index (χ1) is 13.5. The first-order valence-electron chi connectivity index (χ1n) is 9.00. The van der Waals surface area contributed by atoms with Gasteiger partial charge in [-0.1, -0.05) is 66.7 Å². The lowest BCUT2D eigenvalue weighted by Gasteiger charge is -2.36. The van der Waals surface area contributed by atoms with Crippen LogP contribution >= 0.6 is 0 Å². The van der Waals surface area contributed by atoms with Crippen molar-refractivity contribution in [2.45, 2.75) is 24.9 Å². The second-order valence-electron chi connectivity index (χ2n) is 6.76. The van der Waals surface area contributed by atoms with Crippen LogP contribution in [0.25, 0.3) is 0 Å². The molecule has 0 unspecified atom stereocenters. The summed E-state index contributed by atoms with van der Waals surface area (Å²) in [5.74, 6) is 0. The van der Waals surface area contributed by atoms with Gasteiger partial charge in [0.2, 0.25) is 0 Å². The van der Waals surface area contributed by atoms with Crippen LogP contribution in [0.5, 0.6) is 0 Å². The van der Waals surface area contributed by atoms with Crippen molar-refractivity contribution in [3.05, 3.63) is 95.6 Å². The lowest BCUT2D eigenvalue weighted by atomic mass is 10.1. The van der Waals surface area contributed by atoms with Gasteiger partial charge in [-0.05, 0) is 35.7 Å². The van der Waals surface area contributed by atoms with Gasteiger partial charge >= 0.3 is 6.03 Å². The third kappa shape index (κ3) is 3.16. The fraction of sp³-hybridized carbons (Fsp3) is 0.136. The Labute approximate surface area is 164 Å². The number of fused-ring (bicyclic) bond motifs is 1. The lowest BCUT2D eigenvalue weighted by Crippen LogP contribution is -2.50. The summed E-state index contributed by atoms with van der Waals surface area (Å²) in [6, 6.07) is 23.1. The van der Waals surface area contributed by atoms with Crippen molar-refractivity contribution in [3.8, 4) is 0 Å². The van der Waals surface area contributed by atoms with E-state index in [-0.39, 0.29) is 11.4 Å². The smallest absolute Gasteiger partial charge is 0.288 e. The van der Waals surface area contributed by atoms with E-state index in [2.05, 4.69) is 0 Å². The topological polar surface area (TPSA) is 57.7 Å². The molecule has 0 N–H and O–H groups in total. The Morgan fingerprint density at radius 2 is 1.43 bits per heavy atom. The van der Waals surface area contributed by atoms with Crippen LogP contribution in [0.4, 0.5) is 10.5 Å². The maximum absolute atomic E-state index is 13.3. The van der Waals surface area contributed by atoms with Crippen molar-refractivity contribution in [2.24, 2.45) is 0 Å². The standard InChI is InChI=1S/C22H20N2O3S/c1-17-9-5-6-12-19(17)16-23-20-13-7-8-14-21(20)28(26,27)24(22(23)25)15-18-10-3-2-4-11-18/h2-14H,15-16H2,1H3. The Balaban J connectivity index is 1.80. The normalized spacial score (nSPS) is 15.4. The van der Waals surface area contributed by atoms with Gasteiger partial charge in [0.15, 0.2) is 0 Å². The summed E-state index contributed by atoms with van der Waals surface area (Å²) in [6.45, 7) is 2.29. The maximum atomic E-state index is 13.3. The lowest BCUT2D eigenvalue weighted by molar-refractivity contribution is 0.226. The van der Waals surface area contributed by atoms with E-state index in [9.17, 15) is 13.2 Å². The highest BCUT2D eigenvalue weighted by Crippen LogP contribution is 2.36. The summed E-state index contributed by atoms with van der Waals surface area (Å²) in [5.41, 5.74) is 3.20. The predicted octanol–water partition coefficient (Wildman–Crippen LogP) is 4.33. The number of benzene rings is 3. The molecule has 0 saturated heterocycles. The number of amides is 2. The molecule has 3 aromatic carbocycles. The van der Waals surface area contributed by atoms with Crippen molar-refractivity contribution < 1.29 is 13.2 Å². The molecule has 1 aliphatic heterocycles. The Hall–Kier alpha value is -3.12. The highest BCUT2D eigenvalue weighted by Gasteiger charge is 2.41. The summed E-state index contributed by atoms with van der Waals surface area (Å²) in [7, 11) is -3.92. The summed E-state index contributed by atoms with van der Waals surface area (Å²) in [4.78, 5) is 15.0. The zero-order valence-corrected chi connectivity index (χ0v) is 16.3. The van der Waals surface area contributed by atoms with E-state index in [1.165, 1.54) is 0 Å². The molecule has 142 valence electrons. The van der Waals surface area contributed by atoms with Gasteiger partial charge in [-0.2, -0.15) is 0 Å². The second kappa shape index (κ2) is 7.13. The first-order valence-corrected chi connectivity index (χ1v) is 10.4. The van der Waals surface area contributed by atoms with Crippen molar-refractivity contribution in [1.82, 2.24) is 4.31 Å². The van der Waals surface area contributed by atoms with Crippen LogP contribution < -0.4 is 4.90 Å². The summed E-state index contributed by atoms with van der Waals surface area (Å²) in [6.07, 6.45) is 0. The zero-order valence-electron chi connectivity index (χ0n) is 15.4. The van der Waals surface area contributed by atoms with Crippen molar-refractivity contribution in [1.29, 1.82) is 0 Å². The summed E-state index contributed by atoms with van der Waals surface area (Å²) in [5, 5.41) is 0. The minimum atomic E-state index is -3.92. The van der Waals surface area contributed by atoms with E-state index in [0.29, 0.717) is 12.2 Å². The number of urea groups is 1. The second-order valence-corrected chi connectivity index (χ2v) is 8.59. The number of aryl methyl sites for hydroxylation is 1. The number of hydrogen-bond donors (Lipinski definition) is 0. The van der Waals surface area contributed by atoms with Gasteiger partial charge < -0.3 is 0 Å². The molecule has 4 rings (SSSR count). The fourth-order valence-electron chi connectivity index (χ4n) is 3.37. The molecule has 0 fully saturated rings. The molecule has 2 amide bonds. The Bertz CT molecular complexity index is 1130. The SMILES string of the molecule is Cc1ccccc1CN1C(=O)N(Cc2ccccc2)S(=O)(=O)c2ccccc21. The van der Waals surface area contributed by atoms with Crippen LogP contribution in [0.15, 0.2) is 83.8 Å². The van der Waals surface area contributed by atoms with Gasteiger partial charge in [0.05, 0.1) is 18.8 Å². The number of nitrogens with zero attached hydrogens (tertiary/aromatic N) is 2. The van der Waals surface area contributed by atoms with Crippen molar-refractivity contribution in [3.63, 3.8) is 0 Å². The molecule has 3 aromatic rings. The number of carbonyl (C=O) groups is 1. The molecular weight excluding hydrogens is 372 g/mol. The maximum Gasteiger partial charge on any atom is 0.339 e. The average molecular weight is 392 g/mol. The van der Waals surface area contributed by atoms with Crippen LogP contribution in [-0.4, -0.2) is 18.8 Å². The van der Waals surface area contributed by atoms with Crippen LogP contribution in [0.3, 0.4) is 0 Å². The van der Waals surface area contributed by atoms with Gasteiger partial charge in [0.1, 0.15) is 4.90 Å². The molecule has 0 radical (unpaired) electrons. The molecule has 0 spiro atoms. The van der Waals surface area contributed by atoms with Crippen LogP contribution in [-0.2, 0) is 23.1 Å².